The summed E-state index contributed by atoms with van der Waals surface area (Å²) in [5, 5.41) is 0. The number of nitrogens with zero attached hydrogens (tertiary/aromatic N) is 2. The van der Waals surface area contributed by atoms with Crippen LogP contribution in [0.5, 0.6) is 0 Å². The van der Waals surface area contributed by atoms with Crippen LogP contribution in [0.2, 0.25) is 0 Å². The monoisotopic (exact) mass is 305 g/mol. The van der Waals surface area contributed by atoms with Crippen molar-refractivity contribution in [3.8, 4) is 0 Å². The van der Waals surface area contributed by atoms with Crippen LogP contribution in [0.3, 0.4) is 0 Å². The topological polar surface area (TPSA) is 68.5 Å². The van der Waals surface area contributed by atoms with E-state index in [1.165, 1.54) is 6.42 Å². The summed E-state index contributed by atoms with van der Waals surface area (Å²) in [7, 11) is 0. The van der Waals surface area contributed by atoms with Gasteiger partial charge >= 0.3 is 6.09 Å². The van der Waals surface area contributed by atoms with Crippen molar-refractivity contribution in [1.82, 2.24) is 4.98 Å². The van der Waals surface area contributed by atoms with E-state index in [9.17, 15) is 4.79 Å². The van der Waals surface area contributed by atoms with Gasteiger partial charge in [-0.15, -0.1) is 0 Å². The molecule has 1 aliphatic rings. The Bertz CT molecular complexity index is 504. The van der Waals surface area contributed by atoms with Crippen LogP contribution in [0.4, 0.5) is 10.5 Å². The molecule has 2 N–H and O–H groups in total. The van der Waals surface area contributed by atoms with Crippen LogP contribution in [-0.2, 0) is 11.3 Å². The van der Waals surface area contributed by atoms with E-state index >= 15 is 0 Å². The largest absolute Gasteiger partial charge is 0.443 e. The first-order valence-corrected chi connectivity index (χ1v) is 7.99. The average Bonchev–Trinajstić information content (AvgIpc) is 2.35. The normalized spacial score (nSPS) is 16.8. The third kappa shape index (κ3) is 3.97. The molecule has 0 spiro atoms. The summed E-state index contributed by atoms with van der Waals surface area (Å²) in [5.41, 5.74) is 6.65. The van der Waals surface area contributed by atoms with Gasteiger partial charge in [0.1, 0.15) is 5.60 Å². The molecule has 1 unspecified atom stereocenters. The van der Waals surface area contributed by atoms with Gasteiger partial charge in [-0.3, -0.25) is 9.88 Å². The number of amides is 1. The molecule has 5 heteroatoms. The molecule has 0 saturated heterocycles. The second-order valence-corrected chi connectivity index (χ2v) is 6.99. The Hall–Kier alpha value is -1.62. The van der Waals surface area contributed by atoms with Gasteiger partial charge in [-0.1, -0.05) is 6.42 Å². The Morgan fingerprint density at radius 3 is 2.55 bits per heavy atom. The number of hydrogen-bond donors (Lipinski definition) is 1. The van der Waals surface area contributed by atoms with Gasteiger partial charge in [0, 0.05) is 12.6 Å². The molecule has 1 amide bonds. The molecule has 122 valence electrons. The Morgan fingerprint density at radius 2 is 2.14 bits per heavy atom. The Kier molecular flexibility index (Phi) is 5.06. The van der Waals surface area contributed by atoms with Crippen molar-refractivity contribution >= 4 is 11.8 Å². The van der Waals surface area contributed by atoms with Crippen LogP contribution in [-0.4, -0.2) is 22.7 Å². The molecule has 0 bridgehead atoms. The number of aromatic nitrogens is 1. The molecule has 1 saturated carbocycles. The second-order valence-electron chi connectivity index (χ2n) is 6.99. The van der Waals surface area contributed by atoms with E-state index in [1.807, 2.05) is 32.9 Å². The first kappa shape index (κ1) is 16.7. The maximum Gasteiger partial charge on any atom is 0.415 e. The number of anilines is 1. The molecule has 1 aromatic heterocycles. The number of rotatable bonds is 4. The first-order chi connectivity index (χ1) is 10.3. The van der Waals surface area contributed by atoms with Crippen LogP contribution >= 0.6 is 0 Å². The zero-order valence-corrected chi connectivity index (χ0v) is 14.0. The Labute approximate surface area is 132 Å². The summed E-state index contributed by atoms with van der Waals surface area (Å²) >= 11 is 0. The minimum atomic E-state index is -0.515. The van der Waals surface area contributed by atoms with Crippen LogP contribution in [0, 0.1) is 5.92 Å². The van der Waals surface area contributed by atoms with Gasteiger partial charge in [0.05, 0.1) is 17.6 Å². The number of carbonyl (C=O) groups is 1. The molecule has 0 aliphatic heterocycles. The highest BCUT2D eigenvalue weighted by atomic mass is 16.6. The van der Waals surface area contributed by atoms with E-state index in [2.05, 4.69) is 11.9 Å². The van der Waals surface area contributed by atoms with Crippen molar-refractivity contribution in [1.29, 1.82) is 0 Å². The van der Waals surface area contributed by atoms with Crippen molar-refractivity contribution in [2.24, 2.45) is 11.7 Å². The fraction of sp³-hybridized carbons (Fsp3) is 0.647. The summed E-state index contributed by atoms with van der Waals surface area (Å²) in [4.78, 5) is 18.7. The van der Waals surface area contributed by atoms with E-state index in [4.69, 9.17) is 10.5 Å². The minimum absolute atomic E-state index is 0.106. The SMILES string of the molecule is CC(C1CCC1)N(C(=O)OC(C)(C)C)c1ccc(CN)nc1. The predicted molar refractivity (Wildman–Crippen MR) is 87.6 cm³/mol. The van der Waals surface area contributed by atoms with Gasteiger partial charge < -0.3 is 10.5 Å². The highest BCUT2D eigenvalue weighted by molar-refractivity contribution is 5.88. The summed E-state index contributed by atoms with van der Waals surface area (Å²) in [6.45, 7) is 8.13. The maximum absolute atomic E-state index is 12.7. The van der Waals surface area contributed by atoms with Crippen molar-refractivity contribution in [2.75, 3.05) is 4.90 Å². The maximum atomic E-state index is 12.7. The van der Waals surface area contributed by atoms with E-state index < -0.39 is 5.60 Å². The Balaban J connectivity index is 2.24. The molecular formula is C17H27N3O2. The molecule has 1 fully saturated rings. The van der Waals surface area contributed by atoms with Gasteiger partial charge in [-0.25, -0.2) is 4.79 Å². The minimum Gasteiger partial charge on any atom is -0.443 e. The number of pyridine rings is 1. The first-order valence-electron chi connectivity index (χ1n) is 7.99. The van der Waals surface area contributed by atoms with Crippen LogP contribution < -0.4 is 10.6 Å². The number of carbonyl (C=O) groups excluding carboxylic acids is 1. The lowest BCUT2D eigenvalue weighted by molar-refractivity contribution is 0.0545. The summed E-state index contributed by atoms with van der Waals surface area (Å²) in [6, 6.07) is 3.86. The van der Waals surface area contributed by atoms with E-state index in [1.54, 1.807) is 11.1 Å². The zero-order valence-electron chi connectivity index (χ0n) is 14.0. The van der Waals surface area contributed by atoms with Gasteiger partial charge in [0.25, 0.3) is 0 Å². The summed E-state index contributed by atoms with van der Waals surface area (Å²) < 4.78 is 5.59. The highest BCUT2D eigenvalue weighted by Gasteiger charge is 2.34. The summed E-state index contributed by atoms with van der Waals surface area (Å²) in [5.74, 6) is 0.529. The Morgan fingerprint density at radius 1 is 1.45 bits per heavy atom. The lowest BCUT2D eigenvalue weighted by atomic mass is 9.80. The third-order valence-electron chi connectivity index (χ3n) is 4.13. The lowest BCUT2D eigenvalue weighted by Gasteiger charge is -2.39. The van der Waals surface area contributed by atoms with E-state index in [-0.39, 0.29) is 12.1 Å². The molecule has 0 aromatic carbocycles. The number of ether oxygens (including phenoxy) is 1. The van der Waals surface area contributed by atoms with Crippen molar-refractivity contribution < 1.29 is 9.53 Å². The van der Waals surface area contributed by atoms with Crippen molar-refractivity contribution in [3.05, 3.63) is 24.0 Å². The smallest absolute Gasteiger partial charge is 0.415 e. The number of hydrogen-bond acceptors (Lipinski definition) is 4. The fourth-order valence-corrected chi connectivity index (χ4v) is 2.63. The second kappa shape index (κ2) is 6.65. The average molecular weight is 305 g/mol. The molecule has 0 radical (unpaired) electrons. The van der Waals surface area contributed by atoms with Crippen LogP contribution in [0.1, 0.15) is 52.7 Å². The molecule has 22 heavy (non-hydrogen) atoms. The zero-order chi connectivity index (χ0) is 16.3. The van der Waals surface area contributed by atoms with Gasteiger partial charge in [-0.2, -0.15) is 0 Å². The van der Waals surface area contributed by atoms with Gasteiger partial charge in [0.15, 0.2) is 0 Å². The highest BCUT2D eigenvalue weighted by Crippen LogP contribution is 2.34. The molecule has 5 nitrogen and oxygen atoms in total. The van der Waals surface area contributed by atoms with E-state index in [0.29, 0.717) is 12.5 Å². The molecule has 2 rings (SSSR count). The molecule has 1 heterocycles. The van der Waals surface area contributed by atoms with Crippen molar-refractivity contribution in [2.45, 2.75) is 65.1 Å². The third-order valence-corrected chi connectivity index (χ3v) is 4.13. The van der Waals surface area contributed by atoms with Gasteiger partial charge in [-0.05, 0) is 58.6 Å². The lowest BCUT2D eigenvalue weighted by Crippen LogP contribution is -2.47. The number of nitrogens with two attached hydrogens (primary N) is 1. The van der Waals surface area contributed by atoms with Crippen LogP contribution in [0.25, 0.3) is 0 Å². The van der Waals surface area contributed by atoms with Gasteiger partial charge in [0.2, 0.25) is 0 Å². The predicted octanol–water partition coefficient (Wildman–Crippen LogP) is 3.47. The molecule has 1 aromatic rings. The standard InChI is InChI=1S/C17H27N3O2/c1-12(13-6-5-7-13)20(16(21)22-17(2,3)4)15-9-8-14(10-18)19-11-15/h8-9,11-13H,5-7,10,18H2,1-4H3. The molecular weight excluding hydrogens is 278 g/mol. The van der Waals surface area contributed by atoms with Crippen LogP contribution in [0.15, 0.2) is 18.3 Å². The fourth-order valence-electron chi connectivity index (χ4n) is 2.63. The molecule has 1 aliphatic carbocycles. The van der Waals surface area contributed by atoms with E-state index in [0.717, 1.165) is 24.2 Å². The quantitative estimate of drug-likeness (QED) is 0.924. The summed E-state index contributed by atoms with van der Waals surface area (Å²) in [6.07, 6.45) is 4.96. The molecule has 1 atom stereocenters. The van der Waals surface area contributed by atoms with Crippen molar-refractivity contribution in [3.63, 3.8) is 0 Å².